The average molecular weight is 230 g/mol. The van der Waals surface area contributed by atoms with Gasteiger partial charge in [0.15, 0.2) is 0 Å². The van der Waals surface area contributed by atoms with Gasteiger partial charge >= 0.3 is 0 Å². The Morgan fingerprint density at radius 1 is 1.38 bits per heavy atom. The van der Waals surface area contributed by atoms with Gasteiger partial charge in [-0.1, -0.05) is 0 Å². The van der Waals surface area contributed by atoms with E-state index in [0.29, 0.717) is 6.54 Å². The smallest absolute Gasteiger partial charge is 0.0747 e. The molecule has 1 saturated heterocycles. The molecular formula is C11H26N4O. The third kappa shape index (κ3) is 3.40. The van der Waals surface area contributed by atoms with Gasteiger partial charge in [-0.3, -0.25) is 0 Å². The van der Waals surface area contributed by atoms with Gasteiger partial charge in [-0.25, -0.2) is 10.4 Å². The molecule has 96 valence electrons. The van der Waals surface area contributed by atoms with E-state index in [2.05, 4.69) is 36.2 Å². The molecule has 0 aromatic rings. The third-order valence-corrected chi connectivity index (χ3v) is 3.59. The molecule has 0 amide bonds. The third-order valence-electron chi connectivity index (χ3n) is 3.59. The topological polar surface area (TPSA) is 53.8 Å². The Kier molecular flexibility index (Phi) is 5.14. The zero-order chi connectivity index (χ0) is 12.2. The minimum Gasteiger partial charge on any atom is -0.380 e. The summed E-state index contributed by atoms with van der Waals surface area (Å²) in [6, 6.07) is 0. The number of hydrogen-bond acceptors (Lipinski definition) is 5. The summed E-state index contributed by atoms with van der Waals surface area (Å²) in [6.45, 7) is 8.97. The number of nitrogens with one attached hydrogen (secondary N) is 1. The van der Waals surface area contributed by atoms with E-state index in [1.165, 1.54) is 0 Å². The lowest BCUT2D eigenvalue weighted by atomic mass is 9.97. The predicted molar refractivity (Wildman–Crippen MR) is 66.1 cm³/mol. The van der Waals surface area contributed by atoms with E-state index >= 15 is 0 Å². The number of methoxy groups -OCH3 is 1. The maximum absolute atomic E-state index is 5.85. The van der Waals surface area contributed by atoms with Crippen LogP contribution in [0.25, 0.3) is 0 Å². The summed E-state index contributed by atoms with van der Waals surface area (Å²) in [4.78, 5) is 2.33. The Bertz CT molecular complexity index is 206. The van der Waals surface area contributed by atoms with Crippen molar-refractivity contribution in [1.82, 2.24) is 15.3 Å². The first-order valence-corrected chi connectivity index (χ1v) is 5.96. The van der Waals surface area contributed by atoms with Gasteiger partial charge in [0.25, 0.3) is 0 Å². The molecule has 2 atom stereocenters. The van der Waals surface area contributed by atoms with Crippen LogP contribution >= 0.6 is 0 Å². The first kappa shape index (κ1) is 13.9. The molecule has 0 saturated carbocycles. The molecule has 0 spiro atoms. The molecule has 1 heterocycles. The van der Waals surface area contributed by atoms with Crippen molar-refractivity contribution in [1.29, 1.82) is 0 Å². The van der Waals surface area contributed by atoms with Gasteiger partial charge < -0.3 is 15.4 Å². The van der Waals surface area contributed by atoms with Crippen molar-refractivity contribution in [2.24, 2.45) is 5.73 Å². The minimum atomic E-state index is -0.190. The first-order chi connectivity index (χ1) is 7.51. The number of nitrogens with zero attached hydrogens (tertiary/aromatic N) is 2. The van der Waals surface area contributed by atoms with Gasteiger partial charge in [0.05, 0.1) is 11.6 Å². The lowest BCUT2D eigenvalue weighted by molar-refractivity contribution is -0.0176. The molecule has 5 heteroatoms. The van der Waals surface area contributed by atoms with Crippen LogP contribution in [0, 0.1) is 0 Å². The molecular weight excluding hydrogens is 204 g/mol. The van der Waals surface area contributed by atoms with Crippen LogP contribution in [0.3, 0.4) is 0 Å². The summed E-state index contributed by atoms with van der Waals surface area (Å²) < 4.78 is 5.39. The SMILES string of the molecule is COC(C)C(C)(CN)NN1CCN(C)CC1. The monoisotopic (exact) mass is 230 g/mol. The van der Waals surface area contributed by atoms with E-state index in [-0.39, 0.29) is 11.6 Å². The molecule has 1 aliphatic heterocycles. The van der Waals surface area contributed by atoms with Crippen molar-refractivity contribution in [3.8, 4) is 0 Å². The summed E-state index contributed by atoms with van der Waals surface area (Å²) >= 11 is 0. The standard InChI is InChI=1S/C11H26N4O/c1-10(16-4)11(2,9-12)13-15-7-5-14(3)6-8-15/h10,13H,5-9,12H2,1-4H3. The highest BCUT2D eigenvalue weighted by molar-refractivity contribution is 4.90. The van der Waals surface area contributed by atoms with Crippen LogP contribution in [0.2, 0.25) is 0 Å². The van der Waals surface area contributed by atoms with Crippen molar-refractivity contribution >= 4 is 0 Å². The molecule has 16 heavy (non-hydrogen) atoms. The highest BCUT2D eigenvalue weighted by atomic mass is 16.5. The molecule has 1 rings (SSSR count). The number of hydrazine groups is 1. The zero-order valence-corrected chi connectivity index (χ0v) is 11.0. The van der Waals surface area contributed by atoms with E-state index in [1.807, 2.05) is 0 Å². The van der Waals surface area contributed by atoms with Crippen LogP contribution in [0.5, 0.6) is 0 Å². The summed E-state index contributed by atoms with van der Waals surface area (Å²) in [6.07, 6.45) is 0.0946. The fourth-order valence-corrected chi connectivity index (χ4v) is 1.84. The number of hydrogen-bond donors (Lipinski definition) is 2. The number of nitrogens with two attached hydrogens (primary N) is 1. The zero-order valence-electron chi connectivity index (χ0n) is 11.0. The maximum Gasteiger partial charge on any atom is 0.0747 e. The van der Waals surface area contributed by atoms with Crippen LogP contribution in [-0.2, 0) is 4.74 Å². The van der Waals surface area contributed by atoms with Gasteiger partial charge in [0.2, 0.25) is 0 Å². The van der Waals surface area contributed by atoms with Gasteiger partial charge in [-0.15, -0.1) is 0 Å². The van der Waals surface area contributed by atoms with Crippen LogP contribution in [-0.4, -0.2) is 68.4 Å². The fourth-order valence-electron chi connectivity index (χ4n) is 1.84. The lowest BCUT2D eigenvalue weighted by Crippen LogP contribution is -2.65. The number of ether oxygens (including phenoxy) is 1. The number of piperazine rings is 1. The normalized spacial score (nSPS) is 25.3. The summed E-state index contributed by atoms with van der Waals surface area (Å²) in [5, 5.41) is 2.25. The Morgan fingerprint density at radius 2 is 1.94 bits per heavy atom. The first-order valence-electron chi connectivity index (χ1n) is 5.96. The average Bonchev–Trinajstić information content (AvgIpc) is 2.31. The van der Waals surface area contributed by atoms with E-state index in [4.69, 9.17) is 10.5 Å². The maximum atomic E-state index is 5.85. The molecule has 3 N–H and O–H groups in total. The van der Waals surface area contributed by atoms with E-state index in [0.717, 1.165) is 26.2 Å². The Morgan fingerprint density at radius 3 is 2.38 bits per heavy atom. The molecule has 1 fully saturated rings. The number of rotatable bonds is 5. The van der Waals surface area contributed by atoms with Crippen LogP contribution in [0.15, 0.2) is 0 Å². The summed E-state index contributed by atoms with van der Waals surface area (Å²) in [7, 11) is 3.88. The van der Waals surface area contributed by atoms with Gasteiger partial charge in [0.1, 0.15) is 0 Å². The van der Waals surface area contributed by atoms with Crippen LogP contribution in [0.1, 0.15) is 13.8 Å². The Labute approximate surface area is 98.9 Å². The number of likely N-dealkylation sites (N-methyl/N-ethyl adjacent to an activating group) is 1. The molecule has 5 nitrogen and oxygen atoms in total. The minimum absolute atomic E-state index is 0.0946. The molecule has 0 radical (unpaired) electrons. The van der Waals surface area contributed by atoms with Crippen LogP contribution in [0.4, 0.5) is 0 Å². The summed E-state index contributed by atoms with van der Waals surface area (Å²) in [5.74, 6) is 0. The molecule has 0 bridgehead atoms. The van der Waals surface area contributed by atoms with E-state index in [1.54, 1.807) is 7.11 Å². The van der Waals surface area contributed by atoms with Crippen molar-refractivity contribution < 1.29 is 4.74 Å². The van der Waals surface area contributed by atoms with Crippen molar-refractivity contribution in [2.45, 2.75) is 25.5 Å². The Hall–Kier alpha value is -0.200. The second kappa shape index (κ2) is 5.93. The summed E-state index contributed by atoms with van der Waals surface area (Å²) in [5.41, 5.74) is 9.17. The Balaban J connectivity index is 2.49. The molecule has 1 aliphatic rings. The fraction of sp³-hybridized carbons (Fsp3) is 1.00. The van der Waals surface area contributed by atoms with Gasteiger partial charge in [-0.05, 0) is 20.9 Å². The molecule has 0 aliphatic carbocycles. The highest BCUT2D eigenvalue weighted by Gasteiger charge is 2.32. The van der Waals surface area contributed by atoms with E-state index < -0.39 is 0 Å². The van der Waals surface area contributed by atoms with E-state index in [9.17, 15) is 0 Å². The second-order valence-electron chi connectivity index (χ2n) is 4.90. The van der Waals surface area contributed by atoms with Gasteiger partial charge in [0, 0.05) is 39.8 Å². The second-order valence-corrected chi connectivity index (χ2v) is 4.90. The van der Waals surface area contributed by atoms with Gasteiger partial charge in [-0.2, -0.15) is 0 Å². The largest absolute Gasteiger partial charge is 0.380 e. The predicted octanol–water partition coefficient (Wildman–Crippen LogP) is -0.509. The van der Waals surface area contributed by atoms with Crippen LogP contribution < -0.4 is 11.2 Å². The highest BCUT2D eigenvalue weighted by Crippen LogP contribution is 2.12. The molecule has 2 unspecified atom stereocenters. The van der Waals surface area contributed by atoms with Crippen molar-refractivity contribution in [3.05, 3.63) is 0 Å². The lowest BCUT2D eigenvalue weighted by Gasteiger charge is -2.42. The quantitative estimate of drug-likeness (QED) is 0.666. The van der Waals surface area contributed by atoms with Crippen molar-refractivity contribution in [2.75, 3.05) is 46.9 Å². The molecule has 0 aromatic carbocycles. The molecule has 0 aromatic heterocycles. The van der Waals surface area contributed by atoms with Crippen molar-refractivity contribution in [3.63, 3.8) is 0 Å².